The molecule has 2 rings (SSSR count). The Morgan fingerprint density at radius 2 is 1.84 bits per heavy atom. The normalized spacial score (nSPS) is 9.68. The SMILES string of the molecule is N#Cc1ccccc1Oc1cccc(Cl)c1[N+](=O)[O-]. The molecular weight excluding hydrogens is 268 g/mol. The second-order valence-corrected chi connectivity index (χ2v) is 3.96. The van der Waals surface area contributed by atoms with Gasteiger partial charge in [-0.3, -0.25) is 10.1 Å². The Bertz CT molecular complexity index is 680. The van der Waals surface area contributed by atoms with Crippen LogP contribution in [0.15, 0.2) is 42.5 Å². The summed E-state index contributed by atoms with van der Waals surface area (Å²) in [5, 5.41) is 19.9. The van der Waals surface area contributed by atoms with Gasteiger partial charge in [-0.25, -0.2) is 0 Å². The van der Waals surface area contributed by atoms with Crippen LogP contribution in [0.25, 0.3) is 0 Å². The zero-order valence-corrected chi connectivity index (χ0v) is 10.3. The maximum absolute atomic E-state index is 11.0. The minimum Gasteiger partial charge on any atom is -0.449 e. The summed E-state index contributed by atoms with van der Waals surface area (Å²) in [5.74, 6) is 0.246. The van der Waals surface area contributed by atoms with E-state index in [2.05, 4.69) is 0 Å². The van der Waals surface area contributed by atoms with E-state index in [1.165, 1.54) is 12.1 Å². The first-order valence-corrected chi connectivity index (χ1v) is 5.61. The summed E-state index contributed by atoms with van der Waals surface area (Å²) in [5.41, 5.74) is -0.0336. The maximum atomic E-state index is 11.0. The lowest BCUT2D eigenvalue weighted by Crippen LogP contribution is -1.95. The van der Waals surface area contributed by atoms with E-state index >= 15 is 0 Å². The predicted molar refractivity (Wildman–Crippen MR) is 69.3 cm³/mol. The number of nitriles is 1. The van der Waals surface area contributed by atoms with E-state index in [0.29, 0.717) is 0 Å². The third-order valence-corrected chi connectivity index (χ3v) is 2.66. The lowest BCUT2D eigenvalue weighted by atomic mass is 10.2. The van der Waals surface area contributed by atoms with Crippen LogP contribution >= 0.6 is 11.6 Å². The van der Waals surface area contributed by atoms with Gasteiger partial charge in [0.05, 0.1) is 10.5 Å². The molecule has 0 aliphatic carbocycles. The van der Waals surface area contributed by atoms with Gasteiger partial charge in [-0.15, -0.1) is 0 Å². The van der Waals surface area contributed by atoms with Crippen molar-refractivity contribution >= 4 is 17.3 Å². The molecule has 94 valence electrons. The molecule has 0 amide bonds. The Morgan fingerprint density at radius 1 is 1.16 bits per heavy atom. The van der Waals surface area contributed by atoms with Crippen molar-refractivity contribution in [3.63, 3.8) is 0 Å². The molecule has 0 heterocycles. The van der Waals surface area contributed by atoms with Crippen molar-refractivity contribution in [1.82, 2.24) is 0 Å². The zero-order chi connectivity index (χ0) is 13.8. The van der Waals surface area contributed by atoms with Gasteiger partial charge in [0, 0.05) is 0 Å². The minimum atomic E-state index is -0.618. The Morgan fingerprint density at radius 3 is 2.53 bits per heavy atom. The highest BCUT2D eigenvalue weighted by atomic mass is 35.5. The Hall–Kier alpha value is -2.58. The second kappa shape index (κ2) is 5.38. The first-order valence-electron chi connectivity index (χ1n) is 5.23. The number of benzene rings is 2. The van der Waals surface area contributed by atoms with E-state index in [1.54, 1.807) is 30.3 Å². The first-order chi connectivity index (χ1) is 9.13. The largest absolute Gasteiger partial charge is 0.449 e. The van der Waals surface area contributed by atoms with Crippen LogP contribution in [0, 0.1) is 21.4 Å². The van der Waals surface area contributed by atoms with Crippen LogP contribution in [-0.2, 0) is 0 Å². The highest BCUT2D eigenvalue weighted by molar-refractivity contribution is 6.32. The summed E-state index contributed by atoms with van der Waals surface area (Å²) >= 11 is 5.78. The second-order valence-electron chi connectivity index (χ2n) is 3.55. The zero-order valence-electron chi connectivity index (χ0n) is 9.54. The van der Waals surface area contributed by atoms with Crippen LogP contribution in [0.3, 0.4) is 0 Å². The van der Waals surface area contributed by atoms with E-state index in [4.69, 9.17) is 21.6 Å². The van der Waals surface area contributed by atoms with Crippen molar-refractivity contribution in [3.05, 3.63) is 63.2 Å². The fraction of sp³-hybridized carbons (Fsp3) is 0. The summed E-state index contributed by atoms with van der Waals surface area (Å²) in [7, 11) is 0. The minimum absolute atomic E-state index is 0.000185. The van der Waals surface area contributed by atoms with E-state index in [0.717, 1.165) is 0 Å². The van der Waals surface area contributed by atoms with E-state index in [9.17, 15) is 10.1 Å². The van der Waals surface area contributed by atoms with Gasteiger partial charge in [-0.1, -0.05) is 29.8 Å². The third-order valence-electron chi connectivity index (χ3n) is 2.36. The topological polar surface area (TPSA) is 76.2 Å². The molecule has 5 nitrogen and oxygen atoms in total. The predicted octanol–water partition coefficient (Wildman–Crippen LogP) is 3.91. The molecule has 0 saturated carbocycles. The molecule has 2 aromatic carbocycles. The molecule has 2 aromatic rings. The van der Waals surface area contributed by atoms with Gasteiger partial charge in [0.15, 0.2) is 0 Å². The number of halogens is 1. The van der Waals surface area contributed by atoms with Crippen LogP contribution in [0.4, 0.5) is 5.69 Å². The summed E-state index contributed by atoms with van der Waals surface area (Å²) in [4.78, 5) is 10.3. The lowest BCUT2D eigenvalue weighted by molar-refractivity contribution is -0.385. The van der Waals surface area contributed by atoms with Crippen molar-refractivity contribution < 1.29 is 9.66 Å². The molecule has 0 aliphatic rings. The van der Waals surface area contributed by atoms with E-state index in [-0.39, 0.29) is 27.8 Å². The van der Waals surface area contributed by atoms with Crippen molar-refractivity contribution in [2.75, 3.05) is 0 Å². The summed E-state index contributed by atoms with van der Waals surface area (Å²) < 4.78 is 5.43. The summed E-state index contributed by atoms with van der Waals surface area (Å²) in [6, 6.07) is 12.8. The molecule has 0 aromatic heterocycles. The molecule has 0 bridgehead atoms. The van der Waals surface area contributed by atoms with Crippen LogP contribution in [0.5, 0.6) is 11.5 Å². The van der Waals surface area contributed by atoms with Gasteiger partial charge in [0.25, 0.3) is 0 Å². The fourth-order valence-corrected chi connectivity index (χ4v) is 1.76. The number of nitro benzene ring substituents is 1. The van der Waals surface area contributed by atoms with E-state index < -0.39 is 4.92 Å². The van der Waals surface area contributed by atoms with Crippen LogP contribution in [0.2, 0.25) is 5.02 Å². The van der Waals surface area contributed by atoms with Gasteiger partial charge in [-0.05, 0) is 24.3 Å². The molecule has 0 unspecified atom stereocenters. The Balaban J connectivity index is 2.48. The molecule has 0 spiro atoms. The quantitative estimate of drug-likeness (QED) is 0.628. The van der Waals surface area contributed by atoms with Gasteiger partial charge in [0.2, 0.25) is 5.75 Å². The number of hydrogen-bond donors (Lipinski definition) is 0. The maximum Gasteiger partial charge on any atom is 0.329 e. The highest BCUT2D eigenvalue weighted by Gasteiger charge is 2.20. The number of ether oxygens (including phenoxy) is 1. The number of para-hydroxylation sites is 2. The number of nitro groups is 1. The summed E-state index contributed by atoms with van der Waals surface area (Å²) in [6.45, 7) is 0. The van der Waals surface area contributed by atoms with Crippen molar-refractivity contribution in [2.24, 2.45) is 0 Å². The molecule has 0 radical (unpaired) electrons. The Kier molecular flexibility index (Phi) is 3.64. The van der Waals surface area contributed by atoms with Crippen LogP contribution < -0.4 is 4.74 Å². The smallest absolute Gasteiger partial charge is 0.329 e. The lowest BCUT2D eigenvalue weighted by Gasteiger charge is -2.08. The third kappa shape index (κ3) is 2.64. The molecule has 6 heteroatoms. The van der Waals surface area contributed by atoms with Gasteiger partial charge in [-0.2, -0.15) is 5.26 Å². The first kappa shape index (κ1) is 12.9. The van der Waals surface area contributed by atoms with Gasteiger partial charge < -0.3 is 4.74 Å². The number of nitrogens with zero attached hydrogens (tertiary/aromatic N) is 2. The van der Waals surface area contributed by atoms with Crippen molar-refractivity contribution in [3.8, 4) is 17.6 Å². The summed E-state index contributed by atoms with van der Waals surface area (Å²) in [6.07, 6.45) is 0. The number of hydrogen-bond acceptors (Lipinski definition) is 4. The van der Waals surface area contributed by atoms with Gasteiger partial charge >= 0.3 is 5.69 Å². The molecule has 0 N–H and O–H groups in total. The molecule has 0 aliphatic heterocycles. The standard InChI is InChI=1S/C13H7ClN2O3/c14-10-5-3-7-12(13(10)16(17)18)19-11-6-2-1-4-9(11)8-15/h1-7H. The molecule has 0 fully saturated rings. The highest BCUT2D eigenvalue weighted by Crippen LogP contribution is 2.37. The van der Waals surface area contributed by atoms with Gasteiger partial charge in [0.1, 0.15) is 16.8 Å². The average Bonchev–Trinajstić information content (AvgIpc) is 2.39. The van der Waals surface area contributed by atoms with Crippen LogP contribution in [0.1, 0.15) is 5.56 Å². The average molecular weight is 275 g/mol. The van der Waals surface area contributed by atoms with Crippen molar-refractivity contribution in [2.45, 2.75) is 0 Å². The molecule has 0 saturated heterocycles. The number of rotatable bonds is 3. The molecule has 19 heavy (non-hydrogen) atoms. The molecule has 0 atom stereocenters. The van der Waals surface area contributed by atoms with E-state index in [1.807, 2.05) is 6.07 Å². The monoisotopic (exact) mass is 274 g/mol. The molecular formula is C13H7ClN2O3. The fourth-order valence-electron chi connectivity index (χ4n) is 1.52. The van der Waals surface area contributed by atoms with Crippen molar-refractivity contribution in [1.29, 1.82) is 5.26 Å². The van der Waals surface area contributed by atoms with Crippen LogP contribution in [-0.4, -0.2) is 4.92 Å². The Labute approximate surface area is 113 Å².